The lowest BCUT2D eigenvalue weighted by molar-refractivity contribution is -0.125. The standard InChI is InChI=1S/C19H19N3O3/c1-12-6-7-13(2)16(8-12)18(24)21-15-5-3-4-14(9-15)11-22-17(23)10-20-19(22)25/h3-9H,10-11H2,1-2H3,(H,20,25)(H,21,24). The van der Waals surface area contributed by atoms with Gasteiger partial charge in [-0.1, -0.05) is 29.8 Å². The lowest BCUT2D eigenvalue weighted by atomic mass is 10.0. The molecule has 0 radical (unpaired) electrons. The maximum absolute atomic E-state index is 12.5. The number of anilines is 1. The molecule has 6 nitrogen and oxygen atoms in total. The van der Waals surface area contributed by atoms with E-state index in [0.29, 0.717) is 11.3 Å². The van der Waals surface area contributed by atoms with E-state index in [2.05, 4.69) is 10.6 Å². The van der Waals surface area contributed by atoms with Crippen LogP contribution in [-0.2, 0) is 11.3 Å². The minimum absolute atomic E-state index is 0.0297. The second-order valence-corrected chi connectivity index (χ2v) is 6.11. The molecule has 128 valence electrons. The molecule has 1 heterocycles. The Bertz CT molecular complexity index is 845. The van der Waals surface area contributed by atoms with E-state index < -0.39 is 6.03 Å². The highest BCUT2D eigenvalue weighted by atomic mass is 16.2. The van der Waals surface area contributed by atoms with Crippen molar-refractivity contribution >= 4 is 23.5 Å². The number of hydrogen-bond acceptors (Lipinski definition) is 3. The number of urea groups is 1. The monoisotopic (exact) mass is 337 g/mol. The third kappa shape index (κ3) is 3.68. The van der Waals surface area contributed by atoms with Crippen molar-refractivity contribution in [1.82, 2.24) is 10.2 Å². The molecule has 0 aliphatic carbocycles. The Hall–Kier alpha value is -3.15. The van der Waals surface area contributed by atoms with E-state index in [9.17, 15) is 14.4 Å². The SMILES string of the molecule is Cc1ccc(C)c(C(=O)Nc2cccc(CN3C(=O)CNC3=O)c2)c1. The molecule has 25 heavy (non-hydrogen) atoms. The summed E-state index contributed by atoms with van der Waals surface area (Å²) in [6.45, 7) is 4.04. The summed E-state index contributed by atoms with van der Waals surface area (Å²) in [5, 5.41) is 5.36. The molecular weight excluding hydrogens is 318 g/mol. The van der Waals surface area contributed by atoms with Crippen LogP contribution in [0.4, 0.5) is 10.5 Å². The number of nitrogens with zero attached hydrogens (tertiary/aromatic N) is 1. The molecule has 0 unspecified atom stereocenters. The summed E-state index contributed by atoms with van der Waals surface area (Å²) in [6.07, 6.45) is 0. The molecule has 0 atom stereocenters. The van der Waals surface area contributed by atoms with E-state index in [0.717, 1.165) is 21.6 Å². The maximum Gasteiger partial charge on any atom is 0.324 e. The van der Waals surface area contributed by atoms with Crippen LogP contribution in [-0.4, -0.2) is 29.3 Å². The Labute approximate surface area is 145 Å². The van der Waals surface area contributed by atoms with Crippen molar-refractivity contribution in [1.29, 1.82) is 0 Å². The molecule has 1 aliphatic rings. The van der Waals surface area contributed by atoms with E-state index in [-0.39, 0.29) is 24.9 Å². The van der Waals surface area contributed by atoms with Crippen LogP contribution in [0.3, 0.4) is 0 Å². The Morgan fingerprint density at radius 1 is 1.16 bits per heavy atom. The van der Waals surface area contributed by atoms with Crippen molar-refractivity contribution in [2.75, 3.05) is 11.9 Å². The summed E-state index contributed by atoms with van der Waals surface area (Å²) in [7, 11) is 0. The molecule has 2 aromatic carbocycles. The van der Waals surface area contributed by atoms with Gasteiger partial charge in [0.25, 0.3) is 5.91 Å². The molecule has 2 aromatic rings. The molecule has 0 spiro atoms. The van der Waals surface area contributed by atoms with Crippen molar-refractivity contribution in [3.63, 3.8) is 0 Å². The number of amides is 4. The van der Waals surface area contributed by atoms with Gasteiger partial charge in [0.2, 0.25) is 5.91 Å². The highest BCUT2D eigenvalue weighted by molar-refractivity contribution is 6.05. The van der Waals surface area contributed by atoms with Crippen LogP contribution < -0.4 is 10.6 Å². The second kappa shape index (κ2) is 6.76. The number of benzene rings is 2. The van der Waals surface area contributed by atoms with Gasteiger partial charge in [-0.2, -0.15) is 0 Å². The summed E-state index contributed by atoms with van der Waals surface area (Å²) in [6, 6.07) is 12.5. The lowest BCUT2D eigenvalue weighted by Crippen LogP contribution is -2.30. The van der Waals surface area contributed by atoms with Gasteiger partial charge in [-0.15, -0.1) is 0 Å². The van der Waals surface area contributed by atoms with Gasteiger partial charge < -0.3 is 10.6 Å². The van der Waals surface area contributed by atoms with Crippen LogP contribution in [0.15, 0.2) is 42.5 Å². The summed E-state index contributed by atoms with van der Waals surface area (Å²) in [5.74, 6) is -0.442. The van der Waals surface area contributed by atoms with Crippen LogP contribution in [0.1, 0.15) is 27.0 Å². The largest absolute Gasteiger partial charge is 0.329 e. The predicted octanol–water partition coefficient (Wildman–Crippen LogP) is 2.61. The number of nitrogens with one attached hydrogen (secondary N) is 2. The number of rotatable bonds is 4. The fraction of sp³-hybridized carbons (Fsp3) is 0.211. The highest BCUT2D eigenvalue weighted by Crippen LogP contribution is 2.17. The van der Waals surface area contributed by atoms with Crippen molar-refractivity contribution in [2.45, 2.75) is 20.4 Å². The molecular formula is C19H19N3O3. The minimum Gasteiger partial charge on any atom is -0.329 e. The van der Waals surface area contributed by atoms with E-state index >= 15 is 0 Å². The normalized spacial score (nSPS) is 13.8. The molecule has 0 bridgehead atoms. The van der Waals surface area contributed by atoms with E-state index in [4.69, 9.17) is 0 Å². The highest BCUT2D eigenvalue weighted by Gasteiger charge is 2.28. The predicted molar refractivity (Wildman–Crippen MR) is 94.3 cm³/mol. The molecule has 0 saturated carbocycles. The van der Waals surface area contributed by atoms with Crippen molar-refractivity contribution in [2.24, 2.45) is 0 Å². The topological polar surface area (TPSA) is 78.5 Å². The Balaban J connectivity index is 1.75. The summed E-state index contributed by atoms with van der Waals surface area (Å²) in [5.41, 5.74) is 3.93. The van der Waals surface area contributed by atoms with Gasteiger partial charge >= 0.3 is 6.03 Å². The van der Waals surface area contributed by atoms with Gasteiger partial charge in [-0.25, -0.2) is 4.79 Å². The maximum atomic E-state index is 12.5. The number of carbonyl (C=O) groups is 3. The summed E-state index contributed by atoms with van der Waals surface area (Å²) >= 11 is 0. The minimum atomic E-state index is -0.394. The molecule has 1 aliphatic heterocycles. The fourth-order valence-corrected chi connectivity index (χ4v) is 2.72. The Kier molecular flexibility index (Phi) is 4.52. The van der Waals surface area contributed by atoms with Crippen LogP contribution in [0.25, 0.3) is 0 Å². The van der Waals surface area contributed by atoms with E-state index in [1.165, 1.54) is 0 Å². The first-order valence-electron chi connectivity index (χ1n) is 8.00. The number of carbonyl (C=O) groups excluding carboxylic acids is 3. The average Bonchev–Trinajstić information content (AvgIpc) is 2.89. The molecule has 1 saturated heterocycles. The van der Waals surface area contributed by atoms with Gasteiger partial charge in [-0.05, 0) is 43.2 Å². The van der Waals surface area contributed by atoms with Crippen molar-refractivity contribution in [3.8, 4) is 0 Å². The van der Waals surface area contributed by atoms with Crippen LogP contribution in [0, 0.1) is 13.8 Å². The van der Waals surface area contributed by atoms with Gasteiger partial charge in [0.15, 0.2) is 0 Å². The Morgan fingerprint density at radius 3 is 2.68 bits per heavy atom. The van der Waals surface area contributed by atoms with Crippen LogP contribution >= 0.6 is 0 Å². The van der Waals surface area contributed by atoms with Gasteiger partial charge in [0.1, 0.15) is 0 Å². The van der Waals surface area contributed by atoms with E-state index in [1.807, 2.05) is 38.1 Å². The molecule has 6 heteroatoms. The van der Waals surface area contributed by atoms with Gasteiger partial charge in [-0.3, -0.25) is 14.5 Å². The first-order chi connectivity index (χ1) is 11.9. The first kappa shape index (κ1) is 16.7. The third-order valence-corrected chi connectivity index (χ3v) is 4.10. The lowest BCUT2D eigenvalue weighted by Gasteiger charge is -2.14. The summed E-state index contributed by atoms with van der Waals surface area (Å²) in [4.78, 5) is 37.0. The fourth-order valence-electron chi connectivity index (χ4n) is 2.72. The van der Waals surface area contributed by atoms with Gasteiger partial charge in [0, 0.05) is 11.3 Å². The quantitative estimate of drug-likeness (QED) is 0.842. The smallest absolute Gasteiger partial charge is 0.324 e. The third-order valence-electron chi connectivity index (χ3n) is 4.10. The Morgan fingerprint density at radius 2 is 1.96 bits per heavy atom. The molecule has 3 rings (SSSR count). The zero-order valence-corrected chi connectivity index (χ0v) is 14.1. The van der Waals surface area contributed by atoms with E-state index in [1.54, 1.807) is 18.2 Å². The zero-order valence-electron chi connectivity index (χ0n) is 14.1. The van der Waals surface area contributed by atoms with Gasteiger partial charge in [0.05, 0.1) is 13.1 Å². The van der Waals surface area contributed by atoms with Crippen LogP contribution in [0.5, 0.6) is 0 Å². The number of hydrogen-bond donors (Lipinski definition) is 2. The first-order valence-corrected chi connectivity index (χ1v) is 8.00. The average molecular weight is 337 g/mol. The zero-order chi connectivity index (χ0) is 18.0. The van der Waals surface area contributed by atoms with Crippen LogP contribution in [0.2, 0.25) is 0 Å². The molecule has 2 N–H and O–H groups in total. The molecule has 0 aromatic heterocycles. The molecule has 1 fully saturated rings. The molecule has 4 amide bonds. The number of imide groups is 1. The van der Waals surface area contributed by atoms with Crippen molar-refractivity contribution < 1.29 is 14.4 Å². The number of aryl methyl sites for hydroxylation is 2. The van der Waals surface area contributed by atoms with Crippen molar-refractivity contribution in [3.05, 3.63) is 64.7 Å². The second-order valence-electron chi connectivity index (χ2n) is 6.11. The summed E-state index contributed by atoms with van der Waals surface area (Å²) < 4.78 is 0.